The number of allylic oxidation sites excluding steroid dienone is 2. The Bertz CT molecular complexity index is 1180. The highest BCUT2D eigenvalue weighted by Gasteiger charge is 2.47. The summed E-state index contributed by atoms with van der Waals surface area (Å²) in [6.07, 6.45) is 3.65. The zero-order valence-electron chi connectivity index (χ0n) is 18.6. The molecule has 2 heterocycles. The molecule has 34 heavy (non-hydrogen) atoms. The molecule has 2 amide bonds. The lowest BCUT2D eigenvalue weighted by atomic mass is 9.84. The number of hydrogen-bond acceptors (Lipinski definition) is 7. The Labute approximate surface area is 197 Å². The lowest BCUT2D eigenvalue weighted by Crippen LogP contribution is -2.43. The number of hydrogen-bond donors (Lipinski definition) is 2. The van der Waals surface area contributed by atoms with Crippen LogP contribution in [0.4, 0.5) is 19.0 Å². The normalized spacial score (nSPS) is 22.0. The van der Waals surface area contributed by atoms with Crippen molar-refractivity contribution in [2.45, 2.75) is 57.7 Å². The van der Waals surface area contributed by atoms with Crippen molar-refractivity contribution < 1.29 is 27.5 Å². The minimum atomic E-state index is -2.72. The maximum atomic E-state index is 15.3. The van der Waals surface area contributed by atoms with Gasteiger partial charge in [-0.15, -0.1) is 11.3 Å². The first-order valence-corrected chi connectivity index (χ1v) is 11.3. The maximum absolute atomic E-state index is 15.3. The molecule has 0 spiro atoms. The molecule has 180 valence electrons. The Morgan fingerprint density at radius 1 is 1.06 bits per heavy atom. The molecule has 8 nitrogen and oxygen atoms in total. The third kappa shape index (κ3) is 5.27. The highest BCUT2D eigenvalue weighted by Crippen LogP contribution is 2.39. The number of thiazole rings is 1. The van der Waals surface area contributed by atoms with Crippen LogP contribution in [-0.4, -0.2) is 44.5 Å². The van der Waals surface area contributed by atoms with E-state index in [4.69, 9.17) is 4.74 Å². The number of rotatable bonds is 6. The number of alkyl halides is 3. The van der Waals surface area contributed by atoms with Gasteiger partial charge in [0.25, 0.3) is 17.7 Å². The van der Waals surface area contributed by atoms with E-state index in [2.05, 4.69) is 25.6 Å². The molecule has 1 saturated carbocycles. The number of nitrogens with zero attached hydrogens (tertiary/aromatic N) is 3. The predicted molar refractivity (Wildman–Crippen MR) is 118 cm³/mol. The lowest BCUT2D eigenvalue weighted by Gasteiger charge is -2.34. The summed E-state index contributed by atoms with van der Waals surface area (Å²) in [5.41, 5.74) is -1.25. The van der Waals surface area contributed by atoms with Crippen molar-refractivity contribution in [3.8, 4) is 5.88 Å². The van der Waals surface area contributed by atoms with Gasteiger partial charge in [0, 0.05) is 25.0 Å². The average Bonchev–Trinajstić information content (AvgIpc) is 3.16. The molecule has 12 heteroatoms. The zero-order valence-corrected chi connectivity index (χ0v) is 19.4. The molecule has 0 bridgehead atoms. The fraction of sp³-hybridized carbons (Fsp3) is 0.409. The number of aromatic nitrogens is 3. The van der Waals surface area contributed by atoms with Crippen LogP contribution in [-0.2, 0) is 4.79 Å². The van der Waals surface area contributed by atoms with Crippen LogP contribution in [0.1, 0.15) is 47.8 Å². The topological polar surface area (TPSA) is 106 Å². The minimum Gasteiger partial charge on any atom is -0.473 e. The Balaban J connectivity index is 1.44. The first-order chi connectivity index (χ1) is 15.9. The highest BCUT2D eigenvalue weighted by molar-refractivity contribution is 7.13. The molecular weight excluding hydrogens is 471 g/mol. The second kappa shape index (κ2) is 8.82. The molecule has 2 aliphatic rings. The van der Waals surface area contributed by atoms with Crippen LogP contribution < -0.4 is 15.4 Å². The Morgan fingerprint density at radius 2 is 1.79 bits per heavy atom. The van der Waals surface area contributed by atoms with Gasteiger partial charge in [0.1, 0.15) is 16.6 Å². The fourth-order valence-corrected chi connectivity index (χ4v) is 4.36. The number of amides is 2. The molecule has 2 aliphatic carbocycles. The summed E-state index contributed by atoms with van der Waals surface area (Å²) in [6, 6.07) is 0. The number of aryl methyl sites for hydroxylation is 1. The number of carbonyl (C=O) groups excluding carboxylic acids is 2. The summed E-state index contributed by atoms with van der Waals surface area (Å²) in [6.45, 7) is 4.74. The Hall–Kier alpha value is -3.28. The van der Waals surface area contributed by atoms with E-state index in [-0.39, 0.29) is 36.5 Å². The van der Waals surface area contributed by atoms with Gasteiger partial charge in [-0.2, -0.15) is 0 Å². The van der Waals surface area contributed by atoms with E-state index >= 15 is 4.39 Å². The van der Waals surface area contributed by atoms with Crippen LogP contribution in [0, 0.1) is 6.92 Å². The molecule has 1 unspecified atom stereocenters. The molecule has 4 rings (SSSR count). The van der Waals surface area contributed by atoms with E-state index in [1.54, 1.807) is 13.8 Å². The van der Waals surface area contributed by atoms with E-state index in [1.165, 1.54) is 42.9 Å². The average molecular weight is 494 g/mol. The molecular formula is C22H22F3N5O3S. The standard InChI is InChI=1S/C22H22F3N5O3S/c1-11-5-21(3,23)14(4-15(11)29-20(32)16-8-26-12(2)34-16)19(31)30-17-9-28-18(10-27-17)33-13-6-22(24,25)7-13/h4,8-10,13H,5-7H2,1-3H3,(H,29,32)(H,27,30,31). The van der Waals surface area contributed by atoms with Crippen molar-refractivity contribution in [2.24, 2.45) is 0 Å². The molecule has 0 aliphatic heterocycles. The van der Waals surface area contributed by atoms with E-state index in [1.807, 2.05) is 0 Å². The van der Waals surface area contributed by atoms with Crippen LogP contribution in [0.2, 0.25) is 0 Å². The fourth-order valence-electron chi connectivity index (χ4n) is 3.69. The minimum absolute atomic E-state index is 0.0324. The van der Waals surface area contributed by atoms with Crippen LogP contribution in [0.5, 0.6) is 5.88 Å². The summed E-state index contributed by atoms with van der Waals surface area (Å²) in [5.74, 6) is -3.79. The van der Waals surface area contributed by atoms with E-state index in [9.17, 15) is 18.4 Å². The quantitative estimate of drug-likeness (QED) is 0.627. The Kier molecular flexibility index (Phi) is 6.19. The second-order valence-corrected chi connectivity index (χ2v) is 9.76. The monoisotopic (exact) mass is 493 g/mol. The van der Waals surface area contributed by atoms with E-state index in [0.29, 0.717) is 16.1 Å². The first-order valence-electron chi connectivity index (χ1n) is 10.4. The molecule has 2 aromatic heterocycles. The van der Waals surface area contributed by atoms with Crippen molar-refractivity contribution >= 4 is 29.0 Å². The third-order valence-electron chi connectivity index (χ3n) is 5.45. The zero-order chi connectivity index (χ0) is 24.7. The van der Waals surface area contributed by atoms with Gasteiger partial charge in [0.15, 0.2) is 5.82 Å². The molecule has 2 aromatic rings. The van der Waals surface area contributed by atoms with Crippen molar-refractivity contribution in [3.63, 3.8) is 0 Å². The SMILES string of the molecule is CC1=C(NC(=O)c2cnc(C)s2)C=C(C(=O)Nc2cnc(OC3CC(F)(F)C3)cn2)C(C)(F)C1. The summed E-state index contributed by atoms with van der Waals surface area (Å²) < 4.78 is 46.4. The summed E-state index contributed by atoms with van der Waals surface area (Å²) in [5, 5.41) is 5.92. The molecule has 1 fully saturated rings. The predicted octanol–water partition coefficient (Wildman–Crippen LogP) is 4.12. The van der Waals surface area contributed by atoms with Crippen LogP contribution in [0.25, 0.3) is 0 Å². The van der Waals surface area contributed by atoms with Crippen molar-refractivity contribution in [1.82, 2.24) is 20.3 Å². The van der Waals surface area contributed by atoms with Crippen LogP contribution >= 0.6 is 11.3 Å². The van der Waals surface area contributed by atoms with Crippen molar-refractivity contribution in [2.75, 3.05) is 5.32 Å². The number of anilines is 1. The van der Waals surface area contributed by atoms with Gasteiger partial charge in [-0.1, -0.05) is 0 Å². The number of nitrogens with one attached hydrogen (secondary N) is 2. The van der Waals surface area contributed by atoms with Gasteiger partial charge in [0.05, 0.1) is 29.2 Å². The van der Waals surface area contributed by atoms with E-state index < -0.39 is 29.5 Å². The van der Waals surface area contributed by atoms with Gasteiger partial charge in [0.2, 0.25) is 5.88 Å². The lowest BCUT2D eigenvalue weighted by molar-refractivity contribution is -0.135. The molecule has 0 saturated heterocycles. The number of ether oxygens (including phenoxy) is 1. The third-order valence-corrected chi connectivity index (χ3v) is 6.37. The second-order valence-electron chi connectivity index (χ2n) is 8.52. The maximum Gasteiger partial charge on any atom is 0.267 e. The number of halogens is 3. The smallest absolute Gasteiger partial charge is 0.267 e. The van der Waals surface area contributed by atoms with Gasteiger partial charge in [-0.25, -0.2) is 28.1 Å². The Morgan fingerprint density at radius 3 is 2.38 bits per heavy atom. The summed E-state index contributed by atoms with van der Waals surface area (Å²) in [4.78, 5) is 37.7. The van der Waals surface area contributed by atoms with Crippen molar-refractivity contribution in [3.05, 3.63) is 51.4 Å². The molecule has 0 aromatic carbocycles. The molecule has 1 atom stereocenters. The molecule has 2 N–H and O–H groups in total. The van der Waals surface area contributed by atoms with Crippen LogP contribution in [0.3, 0.4) is 0 Å². The van der Waals surface area contributed by atoms with Gasteiger partial charge in [-0.05, 0) is 32.4 Å². The highest BCUT2D eigenvalue weighted by atomic mass is 32.1. The molecule has 0 radical (unpaired) electrons. The van der Waals surface area contributed by atoms with Crippen LogP contribution in [0.15, 0.2) is 41.5 Å². The van der Waals surface area contributed by atoms with Crippen molar-refractivity contribution in [1.29, 1.82) is 0 Å². The first kappa shape index (κ1) is 23.9. The van der Waals surface area contributed by atoms with E-state index in [0.717, 1.165) is 5.01 Å². The summed E-state index contributed by atoms with van der Waals surface area (Å²) >= 11 is 1.22. The van der Waals surface area contributed by atoms with Gasteiger partial charge >= 0.3 is 0 Å². The van der Waals surface area contributed by atoms with Gasteiger partial charge in [-0.3, -0.25) is 9.59 Å². The number of carbonyl (C=O) groups is 2. The largest absolute Gasteiger partial charge is 0.473 e. The summed E-state index contributed by atoms with van der Waals surface area (Å²) in [7, 11) is 0. The van der Waals surface area contributed by atoms with Gasteiger partial charge < -0.3 is 15.4 Å².